The van der Waals surface area contributed by atoms with E-state index in [1.807, 2.05) is 0 Å². The summed E-state index contributed by atoms with van der Waals surface area (Å²) in [7, 11) is 1.29. The number of primary amides is 1. The largest absolute Gasteiger partial charge is 0.394 e. The number of ether oxygens (including phenoxy) is 6. The van der Waals surface area contributed by atoms with E-state index in [4.69, 9.17) is 39.9 Å². The minimum atomic E-state index is -1.71. The molecule has 3 aliphatic heterocycles. The van der Waals surface area contributed by atoms with Gasteiger partial charge in [-0.1, -0.05) is 0 Å². The average Bonchev–Trinajstić information content (AvgIpc) is 2.92. The Balaban J connectivity index is 1.85. The summed E-state index contributed by atoms with van der Waals surface area (Å²) in [5.74, 6) is -0.461. The first-order chi connectivity index (χ1) is 19.4. The monoisotopic (exact) mass is 598 g/mol. The van der Waals surface area contributed by atoms with E-state index in [-0.39, 0.29) is 0 Å². The Morgan fingerprint density at radius 3 is 1.78 bits per heavy atom. The Hall–Kier alpha value is -1.78. The topological polar surface area (TPSA) is 287 Å². The molecule has 0 saturated carbocycles. The van der Waals surface area contributed by atoms with E-state index in [1.54, 1.807) is 6.92 Å². The smallest absolute Gasteiger partial charge is 0.312 e. The van der Waals surface area contributed by atoms with Crippen molar-refractivity contribution >= 4 is 11.9 Å². The maximum absolute atomic E-state index is 11.9. The quantitative estimate of drug-likeness (QED) is 0.112. The van der Waals surface area contributed by atoms with Crippen molar-refractivity contribution in [2.24, 2.45) is 11.5 Å². The molecule has 15 unspecified atom stereocenters. The van der Waals surface area contributed by atoms with E-state index in [9.17, 15) is 40.2 Å². The molecule has 3 heterocycles. The fourth-order valence-corrected chi connectivity index (χ4v) is 5.37. The van der Waals surface area contributed by atoms with E-state index in [2.05, 4.69) is 10.6 Å². The van der Waals surface area contributed by atoms with Crippen LogP contribution in [-0.2, 0) is 33.2 Å². The van der Waals surface area contributed by atoms with Crippen LogP contribution in [0, 0.1) is 0 Å². The van der Waals surface area contributed by atoms with Crippen LogP contribution in [0.4, 0.5) is 4.79 Å². The third kappa shape index (κ3) is 7.42. The van der Waals surface area contributed by atoms with Crippen LogP contribution in [0.1, 0.15) is 13.8 Å². The molecule has 3 saturated heterocycles. The predicted molar refractivity (Wildman–Crippen MR) is 134 cm³/mol. The SMILES string of the molecule is COC1C(CO)OC(OC2C(CO)OC(OC3C(CO)OC(C)C(NC(C)=O)C3O)C(NC(N)=O)C2O)C(N)C1O. The number of hydrogen-bond acceptors (Lipinski definition) is 15. The van der Waals surface area contributed by atoms with Gasteiger partial charge in [-0.15, -0.1) is 0 Å². The molecule has 0 aromatic carbocycles. The standard InChI is InChI=1S/C23H42N4O14/c1-7-13(26-8(2)31)16(33)19(10(5-29)37-7)41-22-14(27-23(25)35)17(34)20(11(6-30)39-22)40-21-12(24)15(32)18(36-3)9(4-28)38-21/h7,9-22,28-30,32-34H,4-6,24H2,1-3H3,(H,26,31)(H3,25,27,35). The van der Waals surface area contributed by atoms with Gasteiger partial charge >= 0.3 is 6.03 Å². The molecule has 0 aromatic rings. The van der Waals surface area contributed by atoms with Crippen molar-refractivity contribution in [2.45, 2.75) is 106 Å². The molecular weight excluding hydrogens is 556 g/mol. The average molecular weight is 599 g/mol. The fraction of sp³-hybridized carbons (Fsp3) is 0.913. The Bertz CT molecular complexity index is 872. The third-order valence-corrected chi connectivity index (χ3v) is 7.43. The zero-order valence-corrected chi connectivity index (χ0v) is 22.9. The van der Waals surface area contributed by atoms with Crippen molar-refractivity contribution in [3.63, 3.8) is 0 Å². The number of nitrogens with one attached hydrogen (secondary N) is 2. The van der Waals surface area contributed by atoms with Gasteiger partial charge in [-0.25, -0.2) is 4.79 Å². The summed E-state index contributed by atoms with van der Waals surface area (Å²) in [5.41, 5.74) is 11.4. The second-order valence-electron chi connectivity index (χ2n) is 10.2. The zero-order chi connectivity index (χ0) is 30.6. The number of aliphatic hydroxyl groups is 6. The summed E-state index contributed by atoms with van der Waals surface area (Å²) in [6, 6.07) is -4.75. The molecule has 0 spiro atoms. The van der Waals surface area contributed by atoms with Gasteiger partial charge in [0, 0.05) is 14.0 Å². The molecule has 3 fully saturated rings. The maximum Gasteiger partial charge on any atom is 0.312 e. The van der Waals surface area contributed by atoms with Crippen LogP contribution in [0.15, 0.2) is 0 Å². The molecule has 0 aliphatic carbocycles. The molecule has 18 heteroatoms. The molecule has 0 bridgehead atoms. The van der Waals surface area contributed by atoms with E-state index >= 15 is 0 Å². The highest BCUT2D eigenvalue weighted by molar-refractivity contribution is 5.73. The zero-order valence-electron chi connectivity index (χ0n) is 22.9. The van der Waals surface area contributed by atoms with Gasteiger partial charge < -0.3 is 81.2 Å². The van der Waals surface area contributed by atoms with Gasteiger partial charge in [0.1, 0.15) is 61.0 Å². The Morgan fingerprint density at radius 1 is 0.780 bits per heavy atom. The summed E-state index contributed by atoms with van der Waals surface area (Å²) >= 11 is 0. The lowest BCUT2D eigenvalue weighted by molar-refractivity contribution is -0.345. The lowest BCUT2D eigenvalue weighted by Gasteiger charge is -2.49. The maximum atomic E-state index is 11.9. The normalized spacial score (nSPS) is 45.2. The number of methoxy groups -OCH3 is 1. The number of carbonyl (C=O) groups is 2. The highest BCUT2D eigenvalue weighted by Crippen LogP contribution is 2.32. The van der Waals surface area contributed by atoms with Crippen molar-refractivity contribution < 1.29 is 68.6 Å². The van der Waals surface area contributed by atoms with Gasteiger partial charge in [0.15, 0.2) is 12.6 Å². The van der Waals surface area contributed by atoms with Crippen molar-refractivity contribution in [1.29, 1.82) is 0 Å². The number of carbonyl (C=O) groups excluding carboxylic acids is 2. The van der Waals surface area contributed by atoms with Crippen LogP contribution in [-0.4, -0.2) is 161 Å². The number of rotatable bonds is 10. The van der Waals surface area contributed by atoms with Crippen LogP contribution < -0.4 is 22.1 Å². The van der Waals surface area contributed by atoms with Crippen molar-refractivity contribution in [3.8, 4) is 0 Å². The van der Waals surface area contributed by atoms with E-state index in [0.717, 1.165) is 0 Å². The number of aliphatic hydroxyl groups excluding tert-OH is 6. The van der Waals surface area contributed by atoms with Gasteiger partial charge in [-0.2, -0.15) is 0 Å². The van der Waals surface area contributed by atoms with Gasteiger partial charge in [-0.05, 0) is 6.92 Å². The summed E-state index contributed by atoms with van der Waals surface area (Å²) < 4.78 is 34.1. The van der Waals surface area contributed by atoms with Crippen LogP contribution in [0.25, 0.3) is 0 Å². The Labute approximate surface area is 235 Å². The number of urea groups is 1. The molecule has 3 rings (SSSR count). The highest BCUT2D eigenvalue weighted by atomic mass is 16.7. The molecule has 0 radical (unpaired) electrons. The first-order valence-corrected chi connectivity index (χ1v) is 13.1. The first kappa shape index (κ1) is 33.7. The highest BCUT2D eigenvalue weighted by Gasteiger charge is 2.53. The Kier molecular flexibility index (Phi) is 12.0. The molecule has 3 amide bonds. The molecule has 15 atom stereocenters. The summed E-state index contributed by atoms with van der Waals surface area (Å²) in [5, 5.41) is 67.4. The van der Waals surface area contributed by atoms with E-state index in [1.165, 1.54) is 14.0 Å². The van der Waals surface area contributed by atoms with E-state index < -0.39 is 124 Å². The van der Waals surface area contributed by atoms with Crippen LogP contribution >= 0.6 is 0 Å². The lowest BCUT2D eigenvalue weighted by atomic mass is 9.92. The summed E-state index contributed by atoms with van der Waals surface area (Å²) in [6.07, 6.45) is -15.5. The molecule has 3 aliphatic rings. The number of hydrogen-bond donors (Lipinski definition) is 10. The minimum absolute atomic E-state index is 0.461. The summed E-state index contributed by atoms with van der Waals surface area (Å²) in [4.78, 5) is 23.5. The molecule has 41 heavy (non-hydrogen) atoms. The van der Waals surface area contributed by atoms with Crippen LogP contribution in [0.3, 0.4) is 0 Å². The van der Waals surface area contributed by atoms with Crippen molar-refractivity contribution in [1.82, 2.24) is 10.6 Å². The van der Waals surface area contributed by atoms with Crippen molar-refractivity contribution in [3.05, 3.63) is 0 Å². The fourth-order valence-electron chi connectivity index (χ4n) is 5.37. The minimum Gasteiger partial charge on any atom is -0.394 e. The second-order valence-corrected chi connectivity index (χ2v) is 10.2. The molecule has 238 valence electrons. The third-order valence-electron chi connectivity index (χ3n) is 7.43. The first-order valence-electron chi connectivity index (χ1n) is 13.1. The van der Waals surface area contributed by atoms with Crippen LogP contribution in [0.5, 0.6) is 0 Å². The number of nitrogens with two attached hydrogens (primary N) is 2. The van der Waals surface area contributed by atoms with E-state index in [0.29, 0.717) is 0 Å². The second kappa shape index (κ2) is 14.6. The Morgan fingerprint density at radius 2 is 1.27 bits per heavy atom. The van der Waals surface area contributed by atoms with Crippen LogP contribution in [0.2, 0.25) is 0 Å². The van der Waals surface area contributed by atoms with Gasteiger partial charge in [0.05, 0.1) is 38.0 Å². The molecule has 12 N–H and O–H groups in total. The molecule has 18 nitrogen and oxygen atoms in total. The van der Waals surface area contributed by atoms with Gasteiger partial charge in [-0.3, -0.25) is 4.79 Å². The van der Waals surface area contributed by atoms with Gasteiger partial charge in [0.25, 0.3) is 0 Å². The number of amides is 3. The molecular formula is C23H42N4O14. The summed E-state index contributed by atoms with van der Waals surface area (Å²) in [6.45, 7) is 0.901. The molecule has 0 aromatic heterocycles. The lowest BCUT2D eigenvalue weighted by Crippen LogP contribution is -2.70. The van der Waals surface area contributed by atoms with Crippen molar-refractivity contribution in [2.75, 3.05) is 26.9 Å². The van der Waals surface area contributed by atoms with Gasteiger partial charge in [0.2, 0.25) is 5.91 Å². The predicted octanol–water partition coefficient (Wildman–Crippen LogP) is -6.06.